The number of imidazole rings is 1. The van der Waals surface area contributed by atoms with Crippen molar-refractivity contribution < 1.29 is 9.47 Å². The summed E-state index contributed by atoms with van der Waals surface area (Å²) in [4.78, 5) is 14.7. The van der Waals surface area contributed by atoms with Crippen LogP contribution in [-0.4, -0.2) is 63.9 Å². The van der Waals surface area contributed by atoms with Gasteiger partial charge in [-0.05, 0) is 60.1 Å². The third kappa shape index (κ3) is 4.36. The monoisotopic (exact) mass is 510 g/mol. The SMILES string of the molecule is Cc1cc(-c2nc3ncc(Br)c(N)c3[nH]2)c(C)n1-c1ccc(OCCN2CCOCC2)cc1. The summed E-state index contributed by atoms with van der Waals surface area (Å²) in [6.07, 6.45) is 1.68. The summed E-state index contributed by atoms with van der Waals surface area (Å²) in [5.74, 6) is 1.63. The molecule has 172 valence electrons. The third-order valence-electron chi connectivity index (χ3n) is 6.07. The summed E-state index contributed by atoms with van der Waals surface area (Å²) < 4.78 is 14.3. The van der Waals surface area contributed by atoms with Crippen molar-refractivity contribution in [2.24, 2.45) is 0 Å². The predicted octanol–water partition coefficient (Wildman–Crippen LogP) is 4.09. The maximum absolute atomic E-state index is 6.18. The van der Waals surface area contributed by atoms with Crippen LogP contribution in [0.3, 0.4) is 0 Å². The molecule has 0 amide bonds. The molecular weight excluding hydrogens is 484 g/mol. The average molecular weight is 511 g/mol. The molecule has 4 aromatic rings. The molecule has 0 unspecified atom stereocenters. The second-order valence-corrected chi connectivity index (χ2v) is 9.07. The number of pyridine rings is 1. The van der Waals surface area contributed by atoms with Gasteiger partial charge in [-0.1, -0.05) is 0 Å². The van der Waals surface area contributed by atoms with Crippen LogP contribution in [0.2, 0.25) is 0 Å². The third-order valence-corrected chi connectivity index (χ3v) is 6.70. The minimum atomic E-state index is 0.606. The molecule has 1 aliphatic heterocycles. The summed E-state index contributed by atoms with van der Waals surface area (Å²) in [6, 6.07) is 10.4. The van der Waals surface area contributed by atoms with Crippen molar-refractivity contribution in [3.8, 4) is 22.8 Å². The largest absolute Gasteiger partial charge is 0.492 e. The number of nitrogens with zero attached hydrogens (tertiary/aromatic N) is 4. The van der Waals surface area contributed by atoms with Crippen LogP contribution in [0.5, 0.6) is 5.75 Å². The number of nitrogens with two attached hydrogens (primary N) is 1. The Morgan fingerprint density at radius 3 is 2.70 bits per heavy atom. The van der Waals surface area contributed by atoms with E-state index in [9.17, 15) is 0 Å². The standard InChI is InChI=1S/C24H27BrN6O2/c1-15-13-19(23-28-22-21(26)20(25)14-27-24(22)29-23)16(2)31(15)17-3-5-18(6-4-17)33-12-9-30-7-10-32-11-8-30/h3-6,13-14H,7-12H2,1-2H3,(H3,26,27,28,29). The minimum Gasteiger partial charge on any atom is -0.492 e. The van der Waals surface area contributed by atoms with Crippen LogP contribution >= 0.6 is 15.9 Å². The molecule has 0 aliphatic carbocycles. The summed E-state index contributed by atoms with van der Waals surface area (Å²) in [6.45, 7) is 9.33. The van der Waals surface area contributed by atoms with Gasteiger partial charge in [-0.25, -0.2) is 9.97 Å². The van der Waals surface area contributed by atoms with Gasteiger partial charge in [-0.15, -0.1) is 0 Å². The number of morpholine rings is 1. The Hall–Kier alpha value is -2.88. The molecule has 0 bridgehead atoms. The Kier molecular flexibility index (Phi) is 6.09. The number of halogens is 1. The number of hydrogen-bond donors (Lipinski definition) is 2. The lowest BCUT2D eigenvalue weighted by Gasteiger charge is -2.26. The second kappa shape index (κ2) is 9.17. The van der Waals surface area contributed by atoms with Gasteiger partial charge in [-0.3, -0.25) is 4.90 Å². The normalized spacial score (nSPS) is 14.8. The van der Waals surface area contributed by atoms with Crippen molar-refractivity contribution in [1.29, 1.82) is 0 Å². The van der Waals surface area contributed by atoms with Gasteiger partial charge in [0.05, 0.1) is 23.4 Å². The van der Waals surface area contributed by atoms with Gasteiger partial charge in [0.2, 0.25) is 0 Å². The van der Waals surface area contributed by atoms with Crippen molar-refractivity contribution in [1.82, 2.24) is 24.4 Å². The topological polar surface area (TPSA) is 94.2 Å². The summed E-state index contributed by atoms with van der Waals surface area (Å²) >= 11 is 3.43. The number of rotatable bonds is 6. The van der Waals surface area contributed by atoms with Crippen LogP contribution in [0.1, 0.15) is 11.4 Å². The molecule has 0 atom stereocenters. The first-order valence-corrected chi connectivity index (χ1v) is 11.8. The van der Waals surface area contributed by atoms with Crippen LogP contribution in [-0.2, 0) is 4.74 Å². The number of fused-ring (bicyclic) bond motifs is 1. The van der Waals surface area contributed by atoms with E-state index in [0.717, 1.165) is 77.1 Å². The summed E-state index contributed by atoms with van der Waals surface area (Å²) in [5, 5.41) is 0. The number of aromatic amines is 1. The van der Waals surface area contributed by atoms with E-state index in [1.165, 1.54) is 0 Å². The fourth-order valence-electron chi connectivity index (χ4n) is 4.29. The number of anilines is 1. The van der Waals surface area contributed by atoms with E-state index in [-0.39, 0.29) is 0 Å². The smallest absolute Gasteiger partial charge is 0.180 e. The number of aromatic nitrogens is 4. The van der Waals surface area contributed by atoms with Crippen LogP contribution in [0.15, 0.2) is 41.0 Å². The maximum atomic E-state index is 6.18. The van der Waals surface area contributed by atoms with Crippen molar-refractivity contribution in [2.45, 2.75) is 13.8 Å². The number of aryl methyl sites for hydroxylation is 1. The van der Waals surface area contributed by atoms with E-state index in [1.54, 1.807) is 6.20 Å². The van der Waals surface area contributed by atoms with Gasteiger partial charge in [0, 0.05) is 48.5 Å². The van der Waals surface area contributed by atoms with Crippen LogP contribution in [0.4, 0.5) is 5.69 Å². The quantitative estimate of drug-likeness (QED) is 0.405. The molecule has 5 rings (SSSR count). The van der Waals surface area contributed by atoms with Crippen molar-refractivity contribution in [3.05, 3.63) is 52.4 Å². The molecule has 9 heteroatoms. The van der Waals surface area contributed by atoms with Crippen LogP contribution in [0.25, 0.3) is 28.2 Å². The molecular formula is C24H27BrN6O2. The van der Waals surface area contributed by atoms with Crippen molar-refractivity contribution in [3.63, 3.8) is 0 Å². The molecule has 33 heavy (non-hydrogen) atoms. The Labute approximate surface area is 200 Å². The van der Waals surface area contributed by atoms with Gasteiger partial charge >= 0.3 is 0 Å². The van der Waals surface area contributed by atoms with E-state index in [1.807, 2.05) is 12.1 Å². The summed E-state index contributed by atoms with van der Waals surface area (Å²) in [5.41, 5.74) is 12.4. The molecule has 0 radical (unpaired) electrons. The van der Waals surface area contributed by atoms with E-state index >= 15 is 0 Å². The zero-order valence-corrected chi connectivity index (χ0v) is 20.4. The van der Waals surface area contributed by atoms with E-state index < -0.39 is 0 Å². The lowest BCUT2D eigenvalue weighted by Crippen LogP contribution is -2.38. The molecule has 8 nitrogen and oxygen atoms in total. The zero-order chi connectivity index (χ0) is 22.9. The molecule has 3 aromatic heterocycles. The van der Waals surface area contributed by atoms with Gasteiger partial charge in [0.15, 0.2) is 5.65 Å². The van der Waals surface area contributed by atoms with Crippen molar-refractivity contribution >= 4 is 32.8 Å². The lowest BCUT2D eigenvalue weighted by atomic mass is 10.2. The number of benzene rings is 1. The summed E-state index contributed by atoms with van der Waals surface area (Å²) in [7, 11) is 0. The first-order valence-electron chi connectivity index (χ1n) is 11.0. The van der Waals surface area contributed by atoms with E-state index in [0.29, 0.717) is 17.9 Å². The van der Waals surface area contributed by atoms with Gasteiger partial charge in [0.25, 0.3) is 0 Å². The van der Waals surface area contributed by atoms with Crippen molar-refractivity contribution in [2.75, 3.05) is 45.2 Å². The fraction of sp³-hybridized carbons (Fsp3) is 0.333. The Balaban J connectivity index is 1.34. The highest BCUT2D eigenvalue weighted by Crippen LogP contribution is 2.32. The highest BCUT2D eigenvalue weighted by atomic mass is 79.9. The van der Waals surface area contributed by atoms with Gasteiger partial charge < -0.3 is 24.8 Å². The minimum absolute atomic E-state index is 0.606. The highest BCUT2D eigenvalue weighted by molar-refractivity contribution is 9.10. The maximum Gasteiger partial charge on any atom is 0.180 e. The first kappa shape index (κ1) is 21.9. The van der Waals surface area contributed by atoms with E-state index in [4.69, 9.17) is 15.2 Å². The number of ether oxygens (including phenoxy) is 2. The van der Waals surface area contributed by atoms with Gasteiger partial charge in [0.1, 0.15) is 23.7 Å². The molecule has 1 saturated heterocycles. The molecule has 1 aliphatic rings. The molecule has 1 fully saturated rings. The first-order chi connectivity index (χ1) is 16.0. The number of H-pyrrole nitrogens is 1. The van der Waals surface area contributed by atoms with Gasteiger partial charge in [-0.2, -0.15) is 0 Å². The van der Waals surface area contributed by atoms with Crippen LogP contribution < -0.4 is 10.5 Å². The Morgan fingerprint density at radius 2 is 1.94 bits per heavy atom. The number of nitrogen functional groups attached to an aromatic ring is 1. The predicted molar refractivity (Wildman–Crippen MR) is 133 cm³/mol. The fourth-order valence-corrected chi connectivity index (χ4v) is 4.59. The zero-order valence-electron chi connectivity index (χ0n) is 18.8. The van der Waals surface area contributed by atoms with E-state index in [2.05, 4.69) is 72.4 Å². The molecule has 1 aromatic carbocycles. The Bertz CT molecular complexity index is 1270. The molecule has 3 N–H and O–H groups in total. The average Bonchev–Trinajstić information content (AvgIpc) is 3.38. The molecule has 0 saturated carbocycles. The Morgan fingerprint density at radius 1 is 1.18 bits per heavy atom. The van der Waals surface area contributed by atoms with Crippen LogP contribution in [0, 0.1) is 13.8 Å². The lowest BCUT2D eigenvalue weighted by molar-refractivity contribution is 0.0322. The number of hydrogen-bond acceptors (Lipinski definition) is 6. The number of nitrogens with one attached hydrogen (secondary N) is 1. The molecule has 4 heterocycles. The second-order valence-electron chi connectivity index (χ2n) is 8.22. The highest BCUT2D eigenvalue weighted by Gasteiger charge is 2.17. The molecule has 0 spiro atoms.